The summed E-state index contributed by atoms with van der Waals surface area (Å²) in [7, 11) is 0. The van der Waals surface area contributed by atoms with Crippen LogP contribution in [0.1, 0.15) is 56.1 Å². The van der Waals surface area contributed by atoms with E-state index < -0.39 is 0 Å². The summed E-state index contributed by atoms with van der Waals surface area (Å²) in [4.78, 5) is 5.16. The molecule has 51 heavy (non-hydrogen) atoms. The van der Waals surface area contributed by atoms with Crippen LogP contribution in [0.4, 0.5) is 17.1 Å². The van der Waals surface area contributed by atoms with Crippen molar-refractivity contribution in [2.45, 2.75) is 51.0 Å². The van der Waals surface area contributed by atoms with Gasteiger partial charge in [0.1, 0.15) is 0 Å². The van der Waals surface area contributed by atoms with Crippen molar-refractivity contribution >= 4 is 22.6 Å². The smallest absolute Gasteiger partial charge is 0.0626 e. The zero-order valence-electron chi connectivity index (χ0n) is 29.2. The number of rotatable bonds is 5. The van der Waals surface area contributed by atoms with E-state index in [0.717, 1.165) is 12.8 Å². The van der Waals surface area contributed by atoms with Gasteiger partial charge in [0.2, 0.25) is 0 Å². The summed E-state index contributed by atoms with van der Waals surface area (Å²) in [5, 5.41) is 0. The summed E-state index contributed by atoms with van der Waals surface area (Å²) in [5.41, 5.74) is 19.1. The zero-order valence-corrected chi connectivity index (χ0v) is 29.2. The normalized spacial score (nSPS) is 21.7. The lowest BCUT2D eigenvalue weighted by Crippen LogP contribution is -2.31. The third-order valence-corrected chi connectivity index (χ3v) is 11.8. The molecule has 2 heterocycles. The molecule has 3 unspecified atom stereocenters. The van der Waals surface area contributed by atoms with Crippen LogP contribution in [0.25, 0.3) is 27.8 Å². The summed E-state index contributed by atoms with van der Waals surface area (Å²) in [6.45, 7) is 2.37. The molecule has 0 N–H and O–H groups in total. The minimum atomic E-state index is 0.366. The maximum atomic E-state index is 2.69. The summed E-state index contributed by atoms with van der Waals surface area (Å²) in [5.74, 6) is 0.821. The lowest BCUT2D eigenvalue weighted by atomic mass is 9.81. The Bertz CT molecular complexity index is 2300. The van der Waals surface area contributed by atoms with Crippen molar-refractivity contribution < 1.29 is 0 Å². The highest BCUT2D eigenvalue weighted by Gasteiger charge is 2.40. The number of nitrogens with zero attached hydrogens (tertiary/aromatic N) is 2. The quantitative estimate of drug-likeness (QED) is 0.185. The van der Waals surface area contributed by atoms with Gasteiger partial charge in [0.05, 0.1) is 6.04 Å². The molecule has 248 valence electrons. The topological polar surface area (TPSA) is 6.48 Å². The predicted molar refractivity (Wildman–Crippen MR) is 214 cm³/mol. The first kappa shape index (κ1) is 30.2. The van der Waals surface area contributed by atoms with Gasteiger partial charge in [0.15, 0.2) is 0 Å². The standard InChI is InChI=1S/C49H42N2/c1-33-12-10-21-48-49(33)44-32-39(25-29-47(44)51(48)40-17-6-3-7-18-40)38-24-28-46-43(31-38)42-19-8-9-20-45(42)50(46)41-26-22-35(23-27-41)37-16-11-15-36(30-37)34-13-4-2-5-14-34/h2-7,10-18,21-27,29-33,46,49H,8-9,19-20,28H2,1H3. The van der Waals surface area contributed by atoms with E-state index in [4.69, 9.17) is 0 Å². The maximum Gasteiger partial charge on any atom is 0.0626 e. The largest absolute Gasteiger partial charge is 0.337 e. The molecular weight excluding hydrogens is 617 g/mol. The first-order chi connectivity index (χ1) is 25.2. The van der Waals surface area contributed by atoms with Crippen molar-refractivity contribution in [3.63, 3.8) is 0 Å². The van der Waals surface area contributed by atoms with E-state index >= 15 is 0 Å². The van der Waals surface area contributed by atoms with Crippen LogP contribution < -0.4 is 9.80 Å². The van der Waals surface area contributed by atoms with Crippen LogP contribution in [-0.4, -0.2) is 6.04 Å². The van der Waals surface area contributed by atoms with E-state index in [0.29, 0.717) is 17.9 Å². The molecule has 5 aromatic rings. The van der Waals surface area contributed by atoms with E-state index in [1.165, 1.54) is 81.0 Å². The molecule has 0 spiro atoms. The molecule has 5 aromatic carbocycles. The average Bonchev–Trinajstić information content (AvgIpc) is 3.71. The van der Waals surface area contributed by atoms with Gasteiger partial charge in [-0.05, 0) is 143 Å². The molecule has 3 aliphatic carbocycles. The molecule has 0 fully saturated rings. The molecule has 0 bridgehead atoms. The van der Waals surface area contributed by atoms with Gasteiger partial charge in [-0.25, -0.2) is 0 Å². The zero-order chi connectivity index (χ0) is 33.9. The van der Waals surface area contributed by atoms with Crippen LogP contribution in [0.5, 0.6) is 0 Å². The number of fused-ring (bicyclic) bond motifs is 5. The lowest BCUT2D eigenvalue weighted by molar-refractivity contribution is 0.618. The fraction of sp³-hybridized carbons (Fsp3) is 0.184. The van der Waals surface area contributed by atoms with Gasteiger partial charge in [0.25, 0.3) is 0 Å². The molecule has 2 nitrogen and oxygen atoms in total. The Balaban J connectivity index is 0.967. The number of allylic oxidation sites excluding steroid dienone is 7. The second kappa shape index (κ2) is 12.3. The van der Waals surface area contributed by atoms with Gasteiger partial charge in [-0.3, -0.25) is 0 Å². The number of hydrogen-bond donors (Lipinski definition) is 0. The Kier molecular flexibility index (Phi) is 7.30. The third kappa shape index (κ3) is 5.08. The summed E-state index contributed by atoms with van der Waals surface area (Å²) < 4.78 is 0. The molecule has 0 radical (unpaired) electrons. The van der Waals surface area contributed by atoms with E-state index in [1.54, 1.807) is 16.8 Å². The number of anilines is 3. The Hall–Kier alpha value is -5.60. The van der Waals surface area contributed by atoms with Crippen LogP contribution in [0.15, 0.2) is 180 Å². The second-order valence-electron chi connectivity index (χ2n) is 14.8. The first-order valence-corrected chi connectivity index (χ1v) is 18.8. The third-order valence-electron chi connectivity index (χ3n) is 11.8. The van der Waals surface area contributed by atoms with Gasteiger partial charge < -0.3 is 9.80 Å². The van der Waals surface area contributed by atoms with Crippen molar-refractivity contribution in [1.29, 1.82) is 0 Å². The fourth-order valence-electron chi connectivity index (χ4n) is 9.40. The highest BCUT2D eigenvalue weighted by molar-refractivity contribution is 5.86. The Morgan fingerprint density at radius 3 is 2.14 bits per heavy atom. The second-order valence-corrected chi connectivity index (χ2v) is 14.8. The van der Waals surface area contributed by atoms with Gasteiger partial charge >= 0.3 is 0 Å². The van der Waals surface area contributed by atoms with Crippen LogP contribution in [0, 0.1) is 5.92 Å². The lowest BCUT2D eigenvalue weighted by Gasteiger charge is -2.32. The Labute approximate surface area is 302 Å². The molecule has 0 aromatic heterocycles. The molecule has 3 atom stereocenters. The highest BCUT2D eigenvalue weighted by atomic mass is 15.2. The van der Waals surface area contributed by atoms with E-state index in [2.05, 4.69) is 174 Å². The SMILES string of the molecule is CC1C=CC=C2C1c1cc(C3=CCC4C(=C3)C3=C(CCCC3)N4c3ccc(-c4cccc(-c5ccccc5)c4)cc3)ccc1N2c1ccccc1. The molecular formula is C49H42N2. The summed E-state index contributed by atoms with van der Waals surface area (Å²) in [6.07, 6.45) is 17.9. The van der Waals surface area contributed by atoms with Crippen LogP contribution >= 0.6 is 0 Å². The van der Waals surface area contributed by atoms with E-state index in [1.807, 2.05) is 0 Å². The van der Waals surface area contributed by atoms with E-state index in [-0.39, 0.29) is 0 Å². The molecule has 0 amide bonds. The molecule has 2 heteroatoms. The molecule has 5 aliphatic rings. The number of para-hydroxylation sites is 1. The fourth-order valence-corrected chi connectivity index (χ4v) is 9.40. The van der Waals surface area contributed by atoms with Crippen LogP contribution in [-0.2, 0) is 0 Å². The Morgan fingerprint density at radius 1 is 0.627 bits per heavy atom. The predicted octanol–water partition coefficient (Wildman–Crippen LogP) is 12.8. The summed E-state index contributed by atoms with van der Waals surface area (Å²) in [6, 6.07) is 47.4. The molecule has 0 saturated carbocycles. The van der Waals surface area contributed by atoms with Gasteiger partial charge in [-0.1, -0.05) is 110 Å². The minimum Gasteiger partial charge on any atom is -0.337 e. The molecule has 10 rings (SSSR count). The maximum absolute atomic E-state index is 2.69. The van der Waals surface area contributed by atoms with Crippen molar-refractivity contribution in [2.75, 3.05) is 9.80 Å². The average molecular weight is 659 g/mol. The monoisotopic (exact) mass is 658 g/mol. The van der Waals surface area contributed by atoms with Crippen molar-refractivity contribution in [2.24, 2.45) is 5.92 Å². The van der Waals surface area contributed by atoms with Crippen molar-refractivity contribution in [3.05, 3.63) is 191 Å². The molecule has 2 aliphatic heterocycles. The summed E-state index contributed by atoms with van der Waals surface area (Å²) >= 11 is 0. The van der Waals surface area contributed by atoms with Crippen LogP contribution in [0.3, 0.4) is 0 Å². The van der Waals surface area contributed by atoms with Gasteiger partial charge in [-0.2, -0.15) is 0 Å². The highest BCUT2D eigenvalue weighted by Crippen LogP contribution is 2.54. The molecule has 0 saturated heterocycles. The van der Waals surface area contributed by atoms with Crippen LogP contribution in [0.2, 0.25) is 0 Å². The van der Waals surface area contributed by atoms with Crippen molar-refractivity contribution in [3.8, 4) is 22.3 Å². The van der Waals surface area contributed by atoms with E-state index in [9.17, 15) is 0 Å². The van der Waals surface area contributed by atoms with Crippen molar-refractivity contribution in [1.82, 2.24) is 0 Å². The number of benzene rings is 5. The Morgan fingerprint density at radius 2 is 1.33 bits per heavy atom. The van der Waals surface area contributed by atoms with Gasteiger partial charge in [-0.15, -0.1) is 0 Å². The van der Waals surface area contributed by atoms with Gasteiger partial charge in [0, 0.05) is 34.4 Å². The minimum absolute atomic E-state index is 0.366. The number of hydrogen-bond acceptors (Lipinski definition) is 2. The first-order valence-electron chi connectivity index (χ1n) is 18.8.